The smallest absolute Gasteiger partial charge is 0.410 e. The Morgan fingerprint density at radius 1 is 1.38 bits per heavy atom. The molecule has 0 atom stereocenters. The third-order valence-corrected chi connectivity index (χ3v) is 3.22. The summed E-state index contributed by atoms with van der Waals surface area (Å²) in [7, 11) is 1.50. The number of carbonyl (C=O) groups is 1. The van der Waals surface area contributed by atoms with Gasteiger partial charge in [-0.3, -0.25) is 0 Å². The summed E-state index contributed by atoms with van der Waals surface area (Å²) >= 11 is 0. The Balaban J connectivity index is 1.76. The van der Waals surface area contributed by atoms with Crippen molar-refractivity contribution in [1.29, 1.82) is 0 Å². The van der Waals surface area contributed by atoms with Gasteiger partial charge in [0.2, 0.25) is 0 Å². The van der Waals surface area contributed by atoms with Crippen LogP contribution < -0.4 is 0 Å². The summed E-state index contributed by atoms with van der Waals surface area (Å²) in [5.41, 5.74) is 2.12. The van der Waals surface area contributed by atoms with Crippen molar-refractivity contribution in [3.05, 3.63) is 47.5 Å². The molecule has 0 aromatic heterocycles. The minimum atomic E-state index is -0.276. The second kappa shape index (κ2) is 8.09. The van der Waals surface area contributed by atoms with Crippen LogP contribution in [0.2, 0.25) is 0 Å². The van der Waals surface area contributed by atoms with Gasteiger partial charge in [-0.15, -0.1) is 0 Å². The Hall–Kier alpha value is -2.30. The van der Waals surface area contributed by atoms with E-state index in [2.05, 4.69) is 16.1 Å². The highest BCUT2D eigenvalue weighted by Crippen LogP contribution is 2.10. The molecule has 0 bridgehead atoms. The number of carbonyl (C=O) groups excluding carboxylic acids is 1. The summed E-state index contributed by atoms with van der Waals surface area (Å²) in [6, 6.07) is 9.98. The number of rotatable bonds is 5. The predicted octanol–water partition coefficient (Wildman–Crippen LogP) is 2.63. The van der Waals surface area contributed by atoms with Crippen LogP contribution in [0.15, 0.2) is 47.1 Å². The highest BCUT2D eigenvalue weighted by molar-refractivity contribution is 5.80. The Morgan fingerprint density at radius 3 is 2.95 bits per heavy atom. The number of hydrogen-bond donors (Lipinski definition) is 0. The SMILES string of the molecule is CON=CC1=CCCN(C(=O)OCCc2ccccc2)C1. The number of ether oxygens (including phenoxy) is 1. The number of nitrogens with zero attached hydrogens (tertiary/aromatic N) is 2. The molecule has 2 rings (SSSR count). The fourth-order valence-corrected chi connectivity index (χ4v) is 2.13. The van der Waals surface area contributed by atoms with Gasteiger partial charge in [-0.05, 0) is 17.6 Å². The summed E-state index contributed by atoms with van der Waals surface area (Å²) in [4.78, 5) is 18.3. The van der Waals surface area contributed by atoms with E-state index in [9.17, 15) is 4.79 Å². The molecule has 5 heteroatoms. The molecule has 0 spiro atoms. The highest BCUT2D eigenvalue weighted by atomic mass is 16.6. The molecule has 0 fully saturated rings. The molecule has 21 heavy (non-hydrogen) atoms. The lowest BCUT2D eigenvalue weighted by molar-refractivity contribution is 0.106. The van der Waals surface area contributed by atoms with Gasteiger partial charge >= 0.3 is 6.09 Å². The van der Waals surface area contributed by atoms with E-state index in [1.54, 1.807) is 11.1 Å². The standard InChI is InChI=1S/C16H20N2O3/c1-20-17-12-15-8-5-10-18(13-15)16(19)21-11-9-14-6-3-2-4-7-14/h2-4,6-8,12H,5,9-11,13H2,1H3. The van der Waals surface area contributed by atoms with E-state index >= 15 is 0 Å². The van der Waals surface area contributed by atoms with Gasteiger partial charge in [-0.2, -0.15) is 0 Å². The van der Waals surface area contributed by atoms with Gasteiger partial charge in [0.05, 0.1) is 19.4 Å². The molecular formula is C16H20N2O3. The second-order valence-corrected chi connectivity index (χ2v) is 4.76. The Bertz CT molecular complexity index is 512. The summed E-state index contributed by atoms with van der Waals surface area (Å²) in [5.74, 6) is 0. The van der Waals surface area contributed by atoms with E-state index in [1.807, 2.05) is 30.3 Å². The van der Waals surface area contributed by atoms with Gasteiger partial charge in [0.1, 0.15) is 7.11 Å². The van der Waals surface area contributed by atoms with Crippen molar-refractivity contribution < 1.29 is 14.4 Å². The molecule has 1 heterocycles. The summed E-state index contributed by atoms with van der Waals surface area (Å²) in [6.45, 7) is 1.58. The summed E-state index contributed by atoms with van der Waals surface area (Å²) in [5, 5.41) is 3.72. The van der Waals surface area contributed by atoms with Crippen molar-refractivity contribution in [2.24, 2.45) is 5.16 Å². The fraction of sp³-hybridized carbons (Fsp3) is 0.375. The minimum Gasteiger partial charge on any atom is -0.449 e. The maximum atomic E-state index is 12.0. The van der Waals surface area contributed by atoms with Crippen LogP contribution in [-0.4, -0.2) is 44.0 Å². The zero-order valence-electron chi connectivity index (χ0n) is 12.2. The maximum Gasteiger partial charge on any atom is 0.410 e. The van der Waals surface area contributed by atoms with Crippen LogP contribution in [-0.2, 0) is 16.0 Å². The lowest BCUT2D eigenvalue weighted by atomic mass is 10.1. The molecule has 0 saturated carbocycles. The molecule has 1 amide bonds. The van der Waals surface area contributed by atoms with Crippen LogP contribution in [0.25, 0.3) is 0 Å². The summed E-state index contributed by atoms with van der Waals surface area (Å²) in [6.07, 6.45) is 4.94. The maximum absolute atomic E-state index is 12.0. The first-order chi connectivity index (χ1) is 10.3. The minimum absolute atomic E-state index is 0.276. The molecule has 1 aromatic carbocycles. The normalized spacial score (nSPS) is 14.9. The van der Waals surface area contributed by atoms with Crippen LogP contribution in [0.4, 0.5) is 4.79 Å². The van der Waals surface area contributed by atoms with E-state index in [0.717, 1.165) is 24.0 Å². The number of hydrogen-bond acceptors (Lipinski definition) is 4. The van der Waals surface area contributed by atoms with E-state index < -0.39 is 0 Å². The average Bonchev–Trinajstić information content (AvgIpc) is 2.54. The van der Waals surface area contributed by atoms with Gasteiger partial charge in [0.15, 0.2) is 0 Å². The molecule has 1 aliphatic rings. The molecule has 5 nitrogen and oxygen atoms in total. The van der Waals surface area contributed by atoms with Crippen molar-refractivity contribution in [3.8, 4) is 0 Å². The average molecular weight is 288 g/mol. The lowest BCUT2D eigenvalue weighted by Crippen LogP contribution is -2.36. The number of benzene rings is 1. The van der Waals surface area contributed by atoms with Crippen molar-refractivity contribution >= 4 is 12.3 Å². The second-order valence-electron chi connectivity index (χ2n) is 4.76. The first-order valence-corrected chi connectivity index (χ1v) is 7.01. The van der Waals surface area contributed by atoms with Crippen LogP contribution in [0.1, 0.15) is 12.0 Å². The zero-order chi connectivity index (χ0) is 14.9. The Kier molecular flexibility index (Phi) is 5.82. The predicted molar refractivity (Wildman–Crippen MR) is 81.3 cm³/mol. The first kappa shape index (κ1) is 15.1. The van der Waals surface area contributed by atoms with Crippen LogP contribution in [0.3, 0.4) is 0 Å². The number of amides is 1. The fourth-order valence-electron chi connectivity index (χ4n) is 2.13. The van der Waals surface area contributed by atoms with E-state index in [1.165, 1.54) is 7.11 Å². The molecule has 0 saturated heterocycles. The molecule has 1 aliphatic heterocycles. The molecule has 0 radical (unpaired) electrons. The van der Waals surface area contributed by atoms with Gasteiger partial charge in [0.25, 0.3) is 0 Å². The molecule has 0 unspecified atom stereocenters. The molecule has 1 aromatic rings. The highest BCUT2D eigenvalue weighted by Gasteiger charge is 2.18. The zero-order valence-corrected chi connectivity index (χ0v) is 12.2. The lowest BCUT2D eigenvalue weighted by Gasteiger charge is -2.25. The van der Waals surface area contributed by atoms with Crippen LogP contribution in [0.5, 0.6) is 0 Å². The number of oxime groups is 1. The van der Waals surface area contributed by atoms with Crippen molar-refractivity contribution in [2.75, 3.05) is 26.8 Å². The molecule has 112 valence electrons. The molecule has 0 aliphatic carbocycles. The first-order valence-electron chi connectivity index (χ1n) is 7.01. The Morgan fingerprint density at radius 2 is 2.19 bits per heavy atom. The van der Waals surface area contributed by atoms with Crippen LogP contribution >= 0.6 is 0 Å². The Labute approximate surface area is 124 Å². The molecular weight excluding hydrogens is 268 g/mol. The monoisotopic (exact) mass is 288 g/mol. The van der Waals surface area contributed by atoms with Gasteiger partial charge in [-0.1, -0.05) is 41.6 Å². The summed E-state index contributed by atoms with van der Waals surface area (Å²) < 4.78 is 5.32. The van der Waals surface area contributed by atoms with Crippen molar-refractivity contribution in [3.63, 3.8) is 0 Å². The van der Waals surface area contributed by atoms with Gasteiger partial charge in [0, 0.05) is 13.0 Å². The van der Waals surface area contributed by atoms with Crippen molar-refractivity contribution in [1.82, 2.24) is 4.90 Å². The largest absolute Gasteiger partial charge is 0.449 e. The van der Waals surface area contributed by atoms with Gasteiger partial charge in [-0.25, -0.2) is 4.79 Å². The third kappa shape index (κ3) is 4.95. The topological polar surface area (TPSA) is 51.1 Å². The molecule has 0 N–H and O–H groups in total. The van der Waals surface area contributed by atoms with Gasteiger partial charge < -0.3 is 14.5 Å². The van der Waals surface area contributed by atoms with Crippen LogP contribution in [0, 0.1) is 0 Å². The third-order valence-electron chi connectivity index (χ3n) is 3.22. The quantitative estimate of drug-likeness (QED) is 0.618. The van der Waals surface area contributed by atoms with E-state index in [0.29, 0.717) is 19.7 Å². The van der Waals surface area contributed by atoms with Crippen molar-refractivity contribution in [2.45, 2.75) is 12.8 Å². The van der Waals surface area contributed by atoms with E-state index in [4.69, 9.17) is 4.74 Å². The van der Waals surface area contributed by atoms with E-state index in [-0.39, 0.29) is 6.09 Å².